The number of fused-ring (bicyclic) bond motifs is 1. The standard InChI is InChI=1S/C23H23Cl2NO2/c1-3-5-7-12-18-19(15-10-8-6-9-11-15)21(23(27)28-4-2)20-16(24)13-14-17(25)22(20)26-18/h6,8-11,13-14H,3-5,7,12H2,1-2H3. The summed E-state index contributed by atoms with van der Waals surface area (Å²) < 4.78 is 5.41. The molecule has 0 fully saturated rings. The second kappa shape index (κ2) is 9.40. The second-order valence-electron chi connectivity index (χ2n) is 6.60. The van der Waals surface area contributed by atoms with Crippen molar-refractivity contribution >= 4 is 40.1 Å². The van der Waals surface area contributed by atoms with Crippen molar-refractivity contribution in [3.63, 3.8) is 0 Å². The van der Waals surface area contributed by atoms with Gasteiger partial charge in [-0.15, -0.1) is 0 Å². The Morgan fingerprint density at radius 2 is 1.71 bits per heavy atom. The zero-order valence-electron chi connectivity index (χ0n) is 16.1. The van der Waals surface area contributed by atoms with E-state index in [9.17, 15) is 4.79 Å². The summed E-state index contributed by atoms with van der Waals surface area (Å²) >= 11 is 13.0. The molecule has 0 N–H and O–H groups in total. The van der Waals surface area contributed by atoms with Crippen molar-refractivity contribution in [2.45, 2.75) is 39.5 Å². The summed E-state index contributed by atoms with van der Waals surface area (Å²) in [5.41, 5.74) is 3.54. The minimum atomic E-state index is -0.408. The van der Waals surface area contributed by atoms with Gasteiger partial charge in [0.1, 0.15) is 0 Å². The summed E-state index contributed by atoms with van der Waals surface area (Å²) in [7, 11) is 0. The van der Waals surface area contributed by atoms with Crippen LogP contribution in [0.3, 0.4) is 0 Å². The summed E-state index contributed by atoms with van der Waals surface area (Å²) in [6.07, 6.45) is 3.93. The SMILES string of the molecule is CCCCCc1nc2c(Cl)ccc(Cl)c2c(C(=O)OCC)c1-c1ccccc1. The van der Waals surface area contributed by atoms with Crippen LogP contribution in [-0.2, 0) is 11.2 Å². The van der Waals surface area contributed by atoms with Gasteiger partial charge < -0.3 is 4.74 Å². The number of hydrogen-bond donors (Lipinski definition) is 0. The summed E-state index contributed by atoms with van der Waals surface area (Å²) in [4.78, 5) is 17.9. The van der Waals surface area contributed by atoms with Gasteiger partial charge in [0.05, 0.1) is 27.7 Å². The van der Waals surface area contributed by atoms with E-state index in [-0.39, 0.29) is 6.61 Å². The average molecular weight is 416 g/mol. The molecule has 3 aromatic rings. The number of hydrogen-bond acceptors (Lipinski definition) is 3. The predicted octanol–water partition coefficient (Wildman–Crippen LogP) is 7.12. The van der Waals surface area contributed by atoms with Gasteiger partial charge in [-0.1, -0.05) is 73.3 Å². The van der Waals surface area contributed by atoms with Crippen LogP contribution >= 0.6 is 23.2 Å². The van der Waals surface area contributed by atoms with Crippen LogP contribution < -0.4 is 0 Å². The van der Waals surface area contributed by atoms with Gasteiger partial charge in [-0.05, 0) is 37.5 Å². The number of ether oxygens (including phenoxy) is 1. The smallest absolute Gasteiger partial charge is 0.339 e. The second-order valence-corrected chi connectivity index (χ2v) is 7.42. The van der Waals surface area contributed by atoms with Crippen molar-refractivity contribution < 1.29 is 9.53 Å². The van der Waals surface area contributed by atoms with Crippen molar-refractivity contribution in [1.82, 2.24) is 4.98 Å². The fourth-order valence-electron chi connectivity index (χ4n) is 3.39. The third kappa shape index (κ3) is 4.16. The molecule has 0 saturated carbocycles. The molecular weight excluding hydrogens is 393 g/mol. The van der Waals surface area contributed by atoms with Crippen LogP contribution in [0.1, 0.15) is 49.2 Å². The minimum absolute atomic E-state index is 0.278. The predicted molar refractivity (Wildman–Crippen MR) is 116 cm³/mol. The molecular formula is C23H23Cl2NO2. The van der Waals surface area contributed by atoms with Crippen molar-refractivity contribution in [2.75, 3.05) is 6.61 Å². The zero-order valence-corrected chi connectivity index (χ0v) is 17.6. The maximum Gasteiger partial charge on any atom is 0.339 e. The Morgan fingerprint density at radius 1 is 1.00 bits per heavy atom. The summed E-state index contributed by atoms with van der Waals surface area (Å²) in [6.45, 7) is 4.23. The Morgan fingerprint density at radius 3 is 2.39 bits per heavy atom. The van der Waals surface area contributed by atoms with E-state index in [2.05, 4.69) is 6.92 Å². The summed E-state index contributed by atoms with van der Waals surface area (Å²) in [5.74, 6) is -0.408. The molecule has 1 heterocycles. The van der Waals surface area contributed by atoms with E-state index < -0.39 is 5.97 Å². The van der Waals surface area contributed by atoms with Crippen molar-refractivity contribution in [3.8, 4) is 11.1 Å². The van der Waals surface area contributed by atoms with Crippen LogP contribution in [0.5, 0.6) is 0 Å². The molecule has 0 amide bonds. The number of pyridine rings is 1. The first kappa shape index (κ1) is 20.6. The normalized spacial score (nSPS) is 11.0. The van der Waals surface area contributed by atoms with Crippen molar-refractivity contribution in [1.29, 1.82) is 0 Å². The van der Waals surface area contributed by atoms with Gasteiger partial charge in [0, 0.05) is 16.6 Å². The average Bonchev–Trinajstić information content (AvgIpc) is 2.71. The summed E-state index contributed by atoms with van der Waals surface area (Å²) in [5, 5.41) is 1.46. The number of aryl methyl sites for hydroxylation is 1. The molecule has 3 nitrogen and oxygen atoms in total. The lowest BCUT2D eigenvalue weighted by Crippen LogP contribution is -2.11. The maximum atomic E-state index is 13.0. The molecule has 0 saturated heterocycles. The van der Waals surface area contributed by atoms with Crippen LogP contribution in [-0.4, -0.2) is 17.6 Å². The Hall–Kier alpha value is -2.10. The van der Waals surface area contributed by atoms with Gasteiger partial charge in [0.2, 0.25) is 0 Å². The van der Waals surface area contributed by atoms with Crippen LogP contribution in [0, 0.1) is 0 Å². The first-order chi connectivity index (χ1) is 13.6. The Bertz CT molecular complexity index is 987. The molecule has 5 heteroatoms. The van der Waals surface area contributed by atoms with Crippen molar-refractivity contribution in [2.24, 2.45) is 0 Å². The van der Waals surface area contributed by atoms with E-state index in [0.717, 1.165) is 42.5 Å². The molecule has 0 aliphatic rings. The van der Waals surface area contributed by atoms with Gasteiger partial charge in [-0.25, -0.2) is 4.79 Å². The molecule has 0 bridgehead atoms. The third-order valence-corrected chi connectivity index (χ3v) is 5.29. The molecule has 3 rings (SSSR count). The monoisotopic (exact) mass is 415 g/mol. The highest BCUT2D eigenvalue weighted by molar-refractivity contribution is 6.41. The highest BCUT2D eigenvalue weighted by atomic mass is 35.5. The van der Waals surface area contributed by atoms with E-state index in [1.165, 1.54) is 0 Å². The van der Waals surface area contributed by atoms with E-state index in [1.54, 1.807) is 19.1 Å². The molecule has 0 atom stereocenters. The summed E-state index contributed by atoms with van der Waals surface area (Å²) in [6, 6.07) is 13.2. The van der Waals surface area contributed by atoms with Gasteiger partial charge in [0.25, 0.3) is 0 Å². The lowest BCUT2D eigenvalue weighted by molar-refractivity contribution is 0.0529. The lowest BCUT2D eigenvalue weighted by Gasteiger charge is -2.18. The number of rotatable bonds is 7. The lowest BCUT2D eigenvalue weighted by atomic mass is 9.92. The van der Waals surface area contributed by atoms with Gasteiger partial charge >= 0.3 is 5.97 Å². The highest BCUT2D eigenvalue weighted by Crippen LogP contribution is 2.39. The van der Waals surface area contributed by atoms with Crippen molar-refractivity contribution in [3.05, 3.63) is 63.8 Å². The van der Waals surface area contributed by atoms with E-state index in [4.69, 9.17) is 32.9 Å². The molecule has 0 radical (unpaired) electrons. The molecule has 146 valence electrons. The topological polar surface area (TPSA) is 39.2 Å². The highest BCUT2D eigenvalue weighted by Gasteiger charge is 2.25. The van der Waals surface area contributed by atoms with Gasteiger partial charge in [0.15, 0.2) is 0 Å². The van der Waals surface area contributed by atoms with Gasteiger partial charge in [-0.2, -0.15) is 0 Å². The van der Waals surface area contributed by atoms with Crippen LogP contribution in [0.15, 0.2) is 42.5 Å². The fourth-order valence-corrected chi connectivity index (χ4v) is 3.84. The molecule has 0 aliphatic heterocycles. The molecule has 0 unspecified atom stereocenters. The number of aromatic nitrogens is 1. The molecule has 28 heavy (non-hydrogen) atoms. The largest absolute Gasteiger partial charge is 0.462 e. The number of nitrogens with zero attached hydrogens (tertiary/aromatic N) is 1. The third-order valence-electron chi connectivity index (χ3n) is 4.67. The number of unbranched alkanes of at least 4 members (excludes halogenated alkanes) is 2. The van der Waals surface area contributed by atoms with Crippen LogP contribution in [0.25, 0.3) is 22.0 Å². The Balaban J connectivity index is 2.39. The first-order valence-electron chi connectivity index (χ1n) is 9.61. The minimum Gasteiger partial charge on any atom is -0.462 e. The Kier molecular flexibility index (Phi) is 6.93. The molecule has 0 aliphatic carbocycles. The van der Waals surface area contributed by atoms with E-state index >= 15 is 0 Å². The number of carbonyl (C=O) groups excluding carboxylic acids is 1. The Labute approximate surface area is 175 Å². The quantitative estimate of drug-likeness (QED) is 0.304. The van der Waals surface area contributed by atoms with E-state index in [0.29, 0.717) is 26.5 Å². The maximum absolute atomic E-state index is 13.0. The van der Waals surface area contributed by atoms with Crippen LogP contribution in [0.2, 0.25) is 10.0 Å². The van der Waals surface area contributed by atoms with Gasteiger partial charge in [-0.3, -0.25) is 4.98 Å². The molecule has 0 spiro atoms. The number of halogens is 2. The number of benzene rings is 2. The zero-order chi connectivity index (χ0) is 20.1. The number of carbonyl (C=O) groups is 1. The molecule has 1 aromatic heterocycles. The first-order valence-corrected chi connectivity index (χ1v) is 10.4. The van der Waals surface area contributed by atoms with Crippen LogP contribution in [0.4, 0.5) is 0 Å². The number of esters is 1. The fraction of sp³-hybridized carbons (Fsp3) is 0.304. The molecule has 2 aromatic carbocycles. The van der Waals surface area contributed by atoms with E-state index in [1.807, 2.05) is 30.3 Å².